The third-order valence-electron chi connectivity index (χ3n) is 7.00. The lowest BCUT2D eigenvalue weighted by Gasteiger charge is -2.32. The standard InChI is InChI=1S/C32H41N3O4S/c1-5-26(3)33-32(37)30(23-27-16-8-6-9-17-27)34(24-28-18-10-7-11-19-28)31(36)21-14-22-35(40(4,38)39)29-20-13-12-15-25(29)2/h6-13,15-20,26,30H,5,14,21-24H2,1-4H3,(H,33,37)/t26-,30-/m0/s1. The monoisotopic (exact) mass is 563 g/mol. The molecule has 3 aromatic rings. The molecule has 0 heterocycles. The van der Waals surface area contributed by atoms with E-state index in [1.165, 1.54) is 10.6 Å². The van der Waals surface area contributed by atoms with Crippen LogP contribution in [0, 0.1) is 6.92 Å². The first-order valence-corrected chi connectivity index (χ1v) is 15.7. The zero-order chi connectivity index (χ0) is 29.1. The lowest BCUT2D eigenvalue weighted by molar-refractivity contribution is -0.141. The number of aryl methyl sites for hydroxylation is 1. The maximum Gasteiger partial charge on any atom is 0.243 e. The zero-order valence-corrected chi connectivity index (χ0v) is 24.7. The van der Waals surface area contributed by atoms with Gasteiger partial charge in [-0.2, -0.15) is 0 Å². The lowest BCUT2D eigenvalue weighted by Crippen LogP contribution is -2.52. The Morgan fingerprint density at radius 1 is 0.875 bits per heavy atom. The lowest BCUT2D eigenvalue weighted by atomic mass is 10.0. The normalized spacial score (nSPS) is 12.8. The smallest absolute Gasteiger partial charge is 0.243 e. The van der Waals surface area contributed by atoms with Crippen LogP contribution in [0.2, 0.25) is 0 Å². The van der Waals surface area contributed by atoms with Crippen LogP contribution in [-0.2, 0) is 32.6 Å². The van der Waals surface area contributed by atoms with Crippen molar-refractivity contribution in [3.63, 3.8) is 0 Å². The molecule has 0 aliphatic rings. The number of hydrogen-bond acceptors (Lipinski definition) is 4. The number of para-hydroxylation sites is 1. The van der Waals surface area contributed by atoms with Gasteiger partial charge in [0.1, 0.15) is 6.04 Å². The Hall–Kier alpha value is -3.65. The van der Waals surface area contributed by atoms with Crippen LogP contribution in [0.4, 0.5) is 5.69 Å². The first-order valence-electron chi connectivity index (χ1n) is 13.8. The number of sulfonamides is 1. The van der Waals surface area contributed by atoms with Crippen molar-refractivity contribution in [2.24, 2.45) is 0 Å². The van der Waals surface area contributed by atoms with Crippen molar-refractivity contribution in [2.75, 3.05) is 17.1 Å². The van der Waals surface area contributed by atoms with E-state index in [-0.39, 0.29) is 37.4 Å². The molecule has 214 valence electrons. The maximum absolute atomic E-state index is 13.9. The quantitative estimate of drug-likeness (QED) is 0.296. The minimum atomic E-state index is -3.55. The van der Waals surface area contributed by atoms with Crippen LogP contribution in [0.25, 0.3) is 0 Å². The molecule has 2 atom stereocenters. The second-order valence-corrected chi connectivity index (χ2v) is 12.2. The summed E-state index contributed by atoms with van der Waals surface area (Å²) in [5, 5.41) is 3.07. The number of amides is 2. The molecule has 40 heavy (non-hydrogen) atoms. The third kappa shape index (κ3) is 8.95. The summed E-state index contributed by atoms with van der Waals surface area (Å²) in [4.78, 5) is 29.1. The van der Waals surface area contributed by atoms with Crippen molar-refractivity contribution < 1.29 is 18.0 Å². The number of anilines is 1. The van der Waals surface area contributed by atoms with Gasteiger partial charge in [0.05, 0.1) is 11.9 Å². The summed E-state index contributed by atoms with van der Waals surface area (Å²) in [6, 6.07) is 25.9. The van der Waals surface area contributed by atoms with E-state index in [2.05, 4.69) is 5.32 Å². The van der Waals surface area contributed by atoms with Crippen LogP contribution in [-0.4, -0.2) is 50.0 Å². The van der Waals surface area contributed by atoms with Crippen LogP contribution in [0.15, 0.2) is 84.9 Å². The van der Waals surface area contributed by atoms with Crippen LogP contribution in [0.1, 0.15) is 49.8 Å². The van der Waals surface area contributed by atoms with Gasteiger partial charge in [0.15, 0.2) is 0 Å². The number of carbonyl (C=O) groups is 2. The van der Waals surface area contributed by atoms with Crippen LogP contribution in [0.5, 0.6) is 0 Å². The Morgan fingerprint density at radius 3 is 2.02 bits per heavy atom. The summed E-state index contributed by atoms with van der Waals surface area (Å²) < 4.78 is 26.6. The van der Waals surface area contributed by atoms with Crippen molar-refractivity contribution in [1.29, 1.82) is 0 Å². The fourth-order valence-electron chi connectivity index (χ4n) is 4.60. The fraction of sp³-hybridized carbons (Fsp3) is 0.375. The second kappa shape index (κ2) is 14.7. The summed E-state index contributed by atoms with van der Waals surface area (Å²) in [5.74, 6) is -0.387. The van der Waals surface area contributed by atoms with Gasteiger partial charge in [-0.1, -0.05) is 85.8 Å². The van der Waals surface area contributed by atoms with Gasteiger partial charge in [-0.25, -0.2) is 8.42 Å². The minimum Gasteiger partial charge on any atom is -0.352 e. The maximum atomic E-state index is 13.9. The molecule has 0 aromatic heterocycles. The Labute approximate surface area is 239 Å². The Balaban J connectivity index is 1.87. The highest BCUT2D eigenvalue weighted by molar-refractivity contribution is 7.92. The highest BCUT2D eigenvalue weighted by Crippen LogP contribution is 2.23. The van der Waals surface area contributed by atoms with Gasteiger partial charge in [-0.05, 0) is 49.4 Å². The van der Waals surface area contributed by atoms with Crippen molar-refractivity contribution in [1.82, 2.24) is 10.2 Å². The SMILES string of the molecule is CC[C@H](C)NC(=O)[C@H](Cc1ccccc1)N(Cc1ccccc1)C(=O)CCCN(c1ccccc1C)S(C)(=O)=O. The van der Waals surface area contributed by atoms with Gasteiger partial charge in [-0.15, -0.1) is 0 Å². The summed E-state index contributed by atoms with van der Waals surface area (Å²) in [7, 11) is -3.55. The molecule has 0 saturated heterocycles. The number of nitrogens with one attached hydrogen (secondary N) is 1. The van der Waals surface area contributed by atoms with Gasteiger partial charge < -0.3 is 10.2 Å². The average molecular weight is 564 g/mol. The topological polar surface area (TPSA) is 86.8 Å². The third-order valence-corrected chi connectivity index (χ3v) is 8.18. The predicted octanol–water partition coefficient (Wildman–Crippen LogP) is 5.10. The Bertz CT molecular complexity index is 1350. The summed E-state index contributed by atoms with van der Waals surface area (Å²) >= 11 is 0. The molecule has 3 rings (SSSR count). The number of benzene rings is 3. The van der Waals surface area contributed by atoms with E-state index in [0.717, 1.165) is 23.1 Å². The molecule has 1 N–H and O–H groups in total. The predicted molar refractivity (Wildman–Crippen MR) is 161 cm³/mol. The molecule has 2 amide bonds. The van der Waals surface area contributed by atoms with E-state index in [0.29, 0.717) is 18.5 Å². The number of nitrogens with zero attached hydrogens (tertiary/aromatic N) is 2. The largest absolute Gasteiger partial charge is 0.352 e. The molecule has 0 saturated carbocycles. The van der Waals surface area contributed by atoms with Gasteiger partial charge in [0.25, 0.3) is 0 Å². The molecule has 0 unspecified atom stereocenters. The first kappa shape index (κ1) is 30.9. The second-order valence-electron chi connectivity index (χ2n) is 10.3. The van der Waals surface area contributed by atoms with E-state index in [4.69, 9.17) is 0 Å². The van der Waals surface area contributed by atoms with Crippen LogP contribution >= 0.6 is 0 Å². The average Bonchev–Trinajstić information content (AvgIpc) is 2.93. The molecular weight excluding hydrogens is 522 g/mol. The Morgan fingerprint density at radius 2 is 1.45 bits per heavy atom. The van der Waals surface area contributed by atoms with E-state index >= 15 is 0 Å². The highest BCUT2D eigenvalue weighted by Gasteiger charge is 2.31. The van der Waals surface area contributed by atoms with Crippen LogP contribution < -0.4 is 9.62 Å². The van der Waals surface area contributed by atoms with E-state index < -0.39 is 16.1 Å². The van der Waals surface area contributed by atoms with Gasteiger partial charge in [-0.3, -0.25) is 13.9 Å². The van der Waals surface area contributed by atoms with Gasteiger partial charge in [0.2, 0.25) is 21.8 Å². The molecule has 7 nitrogen and oxygen atoms in total. The molecule has 0 fully saturated rings. The van der Waals surface area contributed by atoms with Gasteiger partial charge >= 0.3 is 0 Å². The van der Waals surface area contributed by atoms with E-state index in [9.17, 15) is 18.0 Å². The summed E-state index contributed by atoms with van der Waals surface area (Å²) in [6.45, 7) is 6.26. The number of hydrogen-bond donors (Lipinski definition) is 1. The molecule has 0 aliphatic heterocycles. The number of rotatable bonds is 14. The fourth-order valence-corrected chi connectivity index (χ4v) is 5.62. The molecule has 8 heteroatoms. The van der Waals surface area contributed by atoms with E-state index in [1.54, 1.807) is 17.0 Å². The van der Waals surface area contributed by atoms with Crippen molar-refractivity contribution in [3.05, 3.63) is 102 Å². The zero-order valence-electron chi connectivity index (χ0n) is 23.9. The summed E-state index contributed by atoms with van der Waals surface area (Å²) in [6.07, 6.45) is 2.75. The first-order chi connectivity index (χ1) is 19.1. The molecular formula is C32H41N3O4S. The van der Waals surface area contributed by atoms with E-state index in [1.807, 2.05) is 93.6 Å². The van der Waals surface area contributed by atoms with Crippen LogP contribution in [0.3, 0.4) is 0 Å². The highest BCUT2D eigenvalue weighted by atomic mass is 32.2. The molecule has 0 radical (unpaired) electrons. The molecule has 0 aliphatic carbocycles. The molecule has 0 bridgehead atoms. The summed E-state index contributed by atoms with van der Waals surface area (Å²) in [5.41, 5.74) is 3.33. The van der Waals surface area contributed by atoms with Crippen molar-refractivity contribution in [3.8, 4) is 0 Å². The molecule has 3 aromatic carbocycles. The van der Waals surface area contributed by atoms with Crippen molar-refractivity contribution in [2.45, 2.75) is 65.1 Å². The number of carbonyl (C=O) groups excluding carboxylic acids is 2. The van der Waals surface area contributed by atoms with Gasteiger partial charge in [0, 0.05) is 32.0 Å². The minimum absolute atomic E-state index is 0.0307. The Kier molecular flexibility index (Phi) is 11.3. The van der Waals surface area contributed by atoms with Crippen molar-refractivity contribution >= 4 is 27.5 Å². The molecule has 0 spiro atoms.